The van der Waals surface area contributed by atoms with E-state index in [-0.39, 0.29) is 24.0 Å². The van der Waals surface area contributed by atoms with Crippen LogP contribution in [0.1, 0.15) is 31.7 Å². The molecule has 2 rings (SSSR count). The number of hydrogen-bond donors (Lipinski definition) is 2. The van der Waals surface area contributed by atoms with E-state index in [2.05, 4.69) is 20.6 Å². The minimum absolute atomic E-state index is 0. The average Bonchev–Trinajstić information content (AvgIpc) is 2.68. The summed E-state index contributed by atoms with van der Waals surface area (Å²) in [4.78, 5) is 8.42. The van der Waals surface area contributed by atoms with Gasteiger partial charge in [-0.2, -0.15) is 0 Å². The summed E-state index contributed by atoms with van der Waals surface area (Å²) in [6.45, 7) is 7.43. The first kappa shape index (κ1) is 23.9. The molecule has 1 aromatic heterocycles. The molecule has 27 heavy (non-hydrogen) atoms. The van der Waals surface area contributed by atoms with Gasteiger partial charge in [-0.25, -0.2) is 4.98 Å². The van der Waals surface area contributed by atoms with Crippen molar-refractivity contribution in [1.29, 1.82) is 0 Å². The Balaban J connectivity index is 0.00000364. The fraction of sp³-hybridized carbons (Fsp3) is 0.684. The molecule has 1 aliphatic heterocycles. The van der Waals surface area contributed by atoms with Gasteiger partial charge < -0.3 is 24.8 Å². The highest BCUT2D eigenvalue weighted by atomic mass is 127. The smallest absolute Gasteiger partial charge is 0.213 e. The molecule has 0 aliphatic carbocycles. The average molecular weight is 492 g/mol. The summed E-state index contributed by atoms with van der Waals surface area (Å²) in [6, 6.07) is 3.90. The lowest BCUT2D eigenvalue weighted by atomic mass is 10.0. The van der Waals surface area contributed by atoms with Gasteiger partial charge in [0.1, 0.15) is 0 Å². The standard InChI is InChI=1S/C19H32N4O3.HI/c1-3-26-18-13-17(5-9-21-18)14-23-19(20-2)22-8-4-10-25-15-16-6-11-24-12-7-16;/h5,9,13,16H,3-4,6-8,10-12,14-15H2,1-2H3,(H2,20,22,23);1H. The molecular weight excluding hydrogens is 459 g/mol. The zero-order valence-corrected chi connectivity index (χ0v) is 18.7. The number of nitrogens with one attached hydrogen (secondary N) is 2. The minimum atomic E-state index is 0. The van der Waals surface area contributed by atoms with Gasteiger partial charge in [0.05, 0.1) is 6.61 Å². The number of pyridine rings is 1. The van der Waals surface area contributed by atoms with Crippen molar-refractivity contribution >= 4 is 29.9 Å². The first-order valence-electron chi connectivity index (χ1n) is 9.49. The molecule has 1 aromatic rings. The highest BCUT2D eigenvalue weighted by Gasteiger charge is 2.13. The van der Waals surface area contributed by atoms with Crippen LogP contribution in [-0.2, 0) is 16.0 Å². The second kappa shape index (κ2) is 14.9. The Morgan fingerprint density at radius 3 is 2.89 bits per heavy atom. The molecule has 0 radical (unpaired) electrons. The van der Waals surface area contributed by atoms with Crippen LogP contribution in [0.25, 0.3) is 0 Å². The van der Waals surface area contributed by atoms with Crippen molar-refractivity contribution in [3.63, 3.8) is 0 Å². The van der Waals surface area contributed by atoms with Gasteiger partial charge in [-0.05, 0) is 43.7 Å². The zero-order chi connectivity index (χ0) is 18.5. The second-order valence-electron chi connectivity index (χ2n) is 6.27. The van der Waals surface area contributed by atoms with Gasteiger partial charge in [0.2, 0.25) is 5.88 Å². The predicted molar refractivity (Wildman–Crippen MR) is 118 cm³/mol. The van der Waals surface area contributed by atoms with Gasteiger partial charge in [-0.1, -0.05) is 0 Å². The Morgan fingerprint density at radius 1 is 1.33 bits per heavy atom. The van der Waals surface area contributed by atoms with Gasteiger partial charge in [-0.15, -0.1) is 24.0 Å². The Labute approximate surface area is 179 Å². The van der Waals surface area contributed by atoms with Gasteiger partial charge in [0.25, 0.3) is 0 Å². The van der Waals surface area contributed by atoms with Crippen LogP contribution in [0.15, 0.2) is 23.3 Å². The quantitative estimate of drug-likeness (QED) is 0.226. The Morgan fingerprint density at radius 2 is 2.15 bits per heavy atom. The minimum Gasteiger partial charge on any atom is -0.478 e. The molecule has 0 saturated carbocycles. The van der Waals surface area contributed by atoms with Crippen LogP contribution in [-0.4, -0.2) is 57.6 Å². The third-order valence-electron chi connectivity index (χ3n) is 4.23. The fourth-order valence-electron chi connectivity index (χ4n) is 2.74. The van der Waals surface area contributed by atoms with Crippen molar-refractivity contribution in [3.8, 4) is 5.88 Å². The number of halogens is 1. The molecule has 1 fully saturated rings. The summed E-state index contributed by atoms with van der Waals surface area (Å²) in [6.07, 6.45) is 4.95. The second-order valence-corrected chi connectivity index (χ2v) is 6.27. The zero-order valence-electron chi connectivity index (χ0n) is 16.4. The number of hydrogen-bond acceptors (Lipinski definition) is 5. The van der Waals surface area contributed by atoms with Crippen molar-refractivity contribution in [2.24, 2.45) is 10.9 Å². The van der Waals surface area contributed by atoms with E-state index in [0.29, 0.717) is 24.9 Å². The molecule has 8 heteroatoms. The van der Waals surface area contributed by atoms with E-state index in [1.165, 1.54) is 0 Å². The maximum Gasteiger partial charge on any atom is 0.213 e. The van der Waals surface area contributed by atoms with Gasteiger partial charge in [-0.3, -0.25) is 4.99 Å². The van der Waals surface area contributed by atoms with Crippen LogP contribution >= 0.6 is 24.0 Å². The van der Waals surface area contributed by atoms with Crippen LogP contribution in [0.3, 0.4) is 0 Å². The van der Waals surface area contributed by atoms with Crippen LogP contribution in [0.5, 0.6) is 5.88 Å². The van der Waals surface area contributed by atoms with E-state index in [1.807, 2.05) is 19.1 Å². The van der Waals surface area contributed by atoms with Gasteiger partial charge in [0, 0.05) is 58.8 Å². The molecule has 0 atom stereocenters. The van der Waals surface area contributed by atoms with Crippen molar-refractivity contribution in [3.05, 3.63) is 23.9 Å². The summed E-state index contributed by atoms with van der Waals surface area (Å²) >= 11 is 0. The molecule has 2 heterocycles. The number of ether oxygens (including phenoxy) is 3. The third kappa shape index (κ3) is 10.1. The highest BCUT2D eigenvalue weighted by molar-refractivity contribution is 14.0. The number of aliphatic imine (C=N–C) groups is 1. The van der Waals surface area contributed by atoms with Crippen molar-refractivity contribution in [2.75, 3.05) is 46.6 Å². The lowest BCUT2D eigenvalue weighted by Gasteiger charge is -2.21. The number of guanidine groups is 1. The summed E-state index contributed by atoms with van der Waals surface area (Å²) in [5, 5.41) is 6.61. The first-order chi connectivity index (χ1) is 12.8. The molecule has 0 amide bonds. The largest absolute Gasteiger partial charge is 0.478 e. The SMILES string of the molecule is CCOc1cc(CNC(=NC)NCCCOCC2CCOCC2)ccn1.I. The molecule has 0 spiro atoms. The molecule has 154 valence electrons. The Kier molecular flexibility index (Phi) is 13.2. The number of rotatable bonds is 10. The third-order valence-corrected chi connectivity index (χ3v) is 4.23. The molecule has 0 unspecified atom stereocenters. The summed E-state index contributed by atoms with van der Waals surface area (Å²) in [7, 11) is 1.77. The van der Waals surface area contributed by atoms with Gasteiger partial charge >= 0.3 is 0 Å². The monoisotopic (exact) mass is 492 g/mol. The van der Waals surface area contributed by atoms with E-state index in [1.54, 1.807) is 13.2 Å². The van der Waals surface area contributed by atoms with Crippen LogP contribution in [0.4, 0.5) is 0 Å². The normalized spacial score (nSPS) is 15.1. The molecule has 0 bridgehead atoms. The molecular formula is C19H33IN4O3. The molecule has 0 aromatic carbocycles. The lowest BCUT2D eigenvalue weighted by Crippen LogP contribution is -2.37. The van der Waals surface area contributed by atoms with Crippen molar-refractivity contribution < 1.29 is 14.2 Å². The van der Waals surface area contributed by atoms with E-state index in [4.69, 9.17) is 14.2 Å². The van der Waals surface area contributed by atoms with E-state index in [9.17, 15) is 0 Å². The molecule has 2 N–H and O–H groups in total. The van der Waals surface area contributed by atoms with Crippen LogP contribution < -0.4 is 15.4 Å². The molecule has 1 saturated heterocycles. The summed E-state index contributed by atoms with van der Waals surface area (Å²) < 4.78 is 16.6. The Bertz CT molecular complexity index is 539. The first-order valence-corrected chi connectivity index (χ1v) is 9.49. The van der Waals surface area contributed by atoms with E-state index < -0.39 is 0 Å². The van der Waals surface area contributed by atoms with Gasteiger partial charge in [0.15, 0.2) is 5.96 Å². The summed E-state index contributed by atoms with van der Waals surface area (Å²) in [5.74, 6) is 2.09. The predicted octanol–water partition coefficient (Wildman–Crippen LogP) is 2.60. The van der Waals surface area contributed by atoms with E-state index in [0.717, 1.165) is 63.8 Å². The fourth-order valence-corrected chi connectivity index (χ4v) is 2.74. The molecule has 7 nitrogen and oxygen atoms in total. The topological polar surface area (TPSA) is 77.0 Å². The maximum absolute atomic E-state index is 5.78. The Hall–Kier alpha value is -1.13. The highest BCUT2D eigenvalue weighted by Crippen LogP contribution is 2.14. The van der Waals surface area contributed by atoms with E-state index >= 15 is 0 Å². The van der Waals surface area contributed by atoms with Crippen LogP contribution in [0, 0.1) is 5.92 Å². The van der Waals surface area contributed by atoms with Crippen LogP contribution in [0.2, 0.25) is 0 Å². The molecule has 1 aliphatic rings. The maximum atomic E-state index is 5.78. The van der Waals surface area contributed by atoms with Crippen molar-refractivity contribution in [2.45, 2.75) is 32.7 Å². The summed E-state index contributed by atoms with van der Waals surface area (Å²) in [5.41, 5.74) is 1.10. The lowest BCUT2D eigenvalue weighted by molar-refractivity contribution is 0.0203. The number of nitrogens with zero attached hydrogens (tertiary/aromatic N) is 2. The van der Waals surface area contributed by atoms with Crippen molar-refractivity contribution in [1.82, 2.24) is 15.6 Å². The number of aromatic nitrogens is 1.